The van der Waals surface area contributed by atoms with E-state index < -0.39 is 0 Å². The lowest BCUT2D eigenvalue weighted by molar-refractivity contribution is 0.414. The summed E-state index contributed by atoms with van der Waals surface area (Å²) in [7, 11) is 1.69. The quantitative estimate of drug-likeness (QED) is 0.815. The van der Waals surface area contributed by atoms with Gasteiger partial charge < -0.3 is 10.1 Å². The Morgan fingerprint density at radius 1 is 1.33 bits per heavy atom. The van der Waals surface area contributed by atoms with E-state index in [4.69, 9.17) is 4.74 Å². The molecule has 1 saturated carbocycles. The van der Waals surface area contributed by atoms with Gasteiger partial charge in [0.1, 0.15) is 5.75 Å². The van der Waals surface area contributed by atoms with E-state index in [1.165, 1.54) is 12.0 Å². The van der Waals surface area contributed by atoms with Crippen molar-refractivity contribution in [2.24, 2.45) is 5.41 Å². The summed E-state index contributed by atoms with van der Waals surface area (Å²) in [6.07, 6.45) is 1.29. The zero-order valence-electron chi connectivity index (χ0n) is 9.71. The van der Waals surface area contributed by atoms with Crippen LogP contribution in [0.1, 0.15) is 25.8 Å². The third kappa shape index (κ3) is 2.51. The highest BCUT2D eigenvalue weighted by molar-refractivity contribution is 5.27. The summed E-state index contributed by atoms with van der Waals surface area (Å²) >= 11 is 0. The molecular formula is C13H19NO. The molecule has 0 saturated heterocycles. The predicted octanol–water partition coefficient (Wildman–Crippen LogP) is 2.58. The second-order valence-electron chi connectivity index (χ2n) is 4.97. The minimum Gasteiger partial charge on any atom is -0.497 e. The van der Waals surface area contributed by atoms with Crippen LogP contribution in [-0.4, -0.2) is 13.2 Å². The van der Waals surface area contributed by atoms with Crippen LogP contribution in [0.5, 0.6) is 5.75 Å². The average Bonchev–Trinajstić information content (AvgIpc) is 2.84. The van der Waals surface area contributed by atoms with Gasteiger partial charge in [0.05, 0.1) is 7.11 Å². The fraction of sp³-hybridized carbons (Fsp3) is 0.538. The maximum absolute atomic E-state index is 5.12. The molecule has 0 heterocycles. The first kappa shape index (κ1) is 10.5. The molecule has 2 heteroatoms. The van der Waals surface area contributed by atoms with Crippen molar-refractivity contribution in [3.63, 3.8) is 0 Å². The molecular weight excluding hydrogens is 186 g/mol. The van der Waals surface area contributed by atoms with Crippen LogP contribution in [0.15, 0.2) is 24.3 Å². The van der Waals surface area contributed by atoms with Gasteiger partial charge in [-0.1, -0.05) is 26.0 Å². The Labute approximate surface area is 91.6 Å². The van der Waals surface area contributed by atoms with Gasteiger partial charge in [-0.15, -0.1) is 0 Å². The zero-order chi connectivity index (χ0) is 10.9. The van der Waals surface area contributed by atoms with Crippen LogP contribution in [-0.2, 0) is 6.54 Å². The third-order valence-electron chi connectivity index (χ3n) is 3.23. The smallest absolute Gasteiger partial charge is 0.118 e. The molecule has 82 valence electrons. The van der Waals surface area contributed by atoms with Gasteiger partial charge >= 0.3 is 0 Å². The Bertz CT molecular complexity index is 329. The van der Waals surface area contributed by atoms with Crippen LogP contribution in [0.4, 0.5) is 0 Å². The monoisotopic (exact) mass is 205 g/mol. The first-order valence-electron chi connectivity index (χ1n) is 5.48. The van der Waals surface area contributed by atoms with Crippen molar-refractivity contribution in [2.45, 2.75) is 32.9 Å². The Hall–Kier alpha value is -1.02. The summed E-state index contributed by atoms with van der Waals surface area (Å²) in [5.74, 6) is 0.922. The molecule has 0 radical (unpaired) electrons. The number of methoxy groups -OCH3 is 1. The summed E-state index contributed by atoms with van der Waals surface area (Å²) in [6, 6.07) is 8.94. The van der Waals surface area contributed by atoms with Gasteiger partial charge in [0.2, 0.25) is 0 Å². The van der Waals surface area contributed by atoms with Gasteiger partial charge in [-0.25, -0.2) is 0 Å². The second-order valence-corrected chi connectivity index (χ2v) is 4.97. The molecule has 0 spiro atoms. The maximum atomic E-state index is 5.12. The Balaban J connectivity index is 1.84. The Kier molecular flexibility index (Phi) is 2.70. The number of hydrogen-bond acceptors (Lipinski definition) is 2. The van der Waals surface area contributed by atoms with Gasteiger partial charge in [0.15, 0.2) is 0 Å². The van der Waals surface area contributed by atoms with E-state index in [2.05, 4.69) is 31.3 Å². The maximum Gasteiger partial charge on any atom is 0.118 e. The van der Waals surface area contributed by atoms with E-state index in [-0.39, 0.29) is 0 Å². The average molecular weight is 205 g/mol. The lowest BCUT2D eigenvalue weighted by atomic mass is 10.2. The normalized spacial score (nSPS) is 22.5. The topological polar surface area (TPSA) is 21.3 Å². The molecule has 1 atom stereocenters. The fourth-order valence-electron chi connectivity index (χ4n) is 1.80. The molecule has 0 aliphatic heterocycles. The van der Waals surface area contributed by atoms with Gasteiger partial charge in [-0.3, -0.25) is 0 Å². The number of rotatable bonds is 4. The first-order chi connectivity index (χ1) is 7.12. The molecule has 1 fully saturated rings. The Morgan fingerprint density at radius 2 is 1.93 bits per heavy atom. The number of hydrogen-bond donors (Lipinski definition) is 1. The third-order valence-corrected chi connectivity index (χ3v) is 3.23. The largest absolute Gasteiger partial charge is 0.497 e. The van der Waals surface area contributed by atoms with Crippen LogP contribution in [0.25, 0.3) is 0 Å². The van der Waals surface area contributed by atoms with Crippen LogP contribution in [0.3, 0.4) is 0 Å². The molecule has 1 aromatic carbocycles. The molecule has 1 unspecified atom stereocenters. The molecule has 15 heavy (non-hydrogen) atoms. The van der Waals surface area contributed by atoms with Gasteiger partial charge in [0.25, 0.3) is 0 Å². The number of ether oxygens (including phenoxy) is 1. The highest BCUT2D eigenvalue weighted by Crippen LogP contribution is 2.44. The molecule has 1 aromatic rings. The summed E-state index contributed by atoms with van der Waals surface area (Å²) in [6.45, 7) is 5.56. The predicted molar refractivity (Wildman–Crippen MR) is 62.0 cm³/mol. The Morgan fingerprint density at radius 3 is 2.40 bits per heavy atom. The fourth-order valence-corrected chi connectivity index (χ4v) is 1.80. The van der Waals surface area contributed by atoms with Crippen LogP contribution in [0.2, 0.25) is 0 Å². The molecule has 2 nitrogen and oxygen atoms in total. The summed E-state index contributed by atoms with van der Waals surface area (Å²) in [5.41, 5.74) is 1.82. The van der Waals surface area contributed by atoms with Crippen molar-refractivity contribution in [1.82, 2.24) is 5.32 Å². The van der Waals surface area contributed by atoms with Crippen molar-refractivity contribution in [1.29, 1.82) is 0 Å². The van der Waals surface area contributed by atoms with E-state index >= 15 is 0 Å². The molecule has 0 amide bonds. The van der Waals surface area contributed by atoms with Crippen molar-refractivity contribution in [2.75, 3.05) is 7.11 Å². The standard InChI is InChI=1S/C13H19NO/c1-13(2)8-12(13)14-9-10-4-6-11(15-3)7-5-10/h4-7,12,14H,8-9H2,1-3H3. The molecule has 0 aromatic heterocycles. The van der Waals surface area contributed by atoms with Gasteiger partial charge in [0, 0.05) is 12.6 Å². The molecule has 0 bridgehead atoms. The van der Waals surface area contributed by atoms with E-state index in [9.17, 15) is 0 Å². The summed E-state index contributed by atoms with van der Waals surface area (Å²) < 4.78 is 5.12. The minimum atomic E-state index is 0.506. The summed E-state index contributed by atoms with van der Waals surface area (Å²) in [4.78, 5) is 0. The SMILES string of the molecule is COc1ccc(CNC2CC2(C)C)cc1. The lowest BCUT2D eigenvalue weighted by Crippen LogP contribution is -2.19. The highest BCUT2D eigenvalue weighted by atomic mass is 16.5. The highest BCUT2D eigenvalue weighted by Gasteiger charge is 2.44. The van der Waals surface area contributed by atoms with Crippen LogP contribution in [0, 0.1) is 5.41 Å². The molecule has 1 aliphatic carbocycles. The zero-order valence-corrected chi connectivity index (χ0v) is 9.71. The van der Waals surface area contributed by atoms with E-state index in [1.807, 2.05) is 12.1 Å². The lowest BCUT2D eigenvalue weighted by Gasteiger charge is -2.07. The van der Waals surface area contributed by atoms with E-state index in [0.29, 0.717) is 11.5 Å². The first-order valence-corrected chi connectivity index (χ1v) is 5.48. The van der Waals surface area contributed by atoms with E-state index in [0.717, 1.165) is 12.3 Å². The van der Waals surface area contributed by atoms with E-state index in [1.54, 1.807) is 7.11 Å². The van der Waals surface area contributed by atoms with Crippen molar-refractivity contribution >= 4 is 0 Å². The van der Waals surface area contributed by atoms with Crippen molar-refractivity contribution in [3.8, 4) is 5.75 Å². The van der Waals surface area contributed by atoms with Gasteiger partial charge in [-0.2, -0.15) is 0 Å². The number of benzene rings is 1. The van der Waals surface area contributed by atoms with Crippen LogP contribution >= 0.6 is 0 Å². The summed E-state index contributed by atoms with van der Waals surface area (Å²) in [5, 5.41) is 3.56. The molecule has 1 N–H and O–H groups in total. The van der Waals surface area contributed by atoms with Crippen molar-refractivity contribution in [3.05, 3.63) is 29.8 Å². The second kappa shape index (κ2) is 3.86. The molecule has 1 aliphatic rings. The number of nitrogens with one attached hydrogen (secondary N) is 1. The van der Waals surface area contributed by atoms with Crippen LogP contribution < -0.4 is 10.1 Å². The molecule has 2 rings (SSSR count). The van der Waals surface area contributed by atoms with Crippen molar-refractivity contribution < 1.29 is 4.74 Å². The van der Waals surface area contributed by atoms with Gasteiger partial charge in [-0.05, 0) is 29.5 Å². The minimum absolute atomic E-state index is 0.506.